The second-order valence-corrected chi connectivity index (χ2v) is 16.3. The molecule has 0 fully saturated rings. The Morgan fingerprint density at radius 1 is 0.574 bits per heavy atom. The Labute approximate surface area is 330 Å². The summed E-state index contributed by atoms with van der Waals surface area (Å²) in [6.07, 6.45) is 42.2. The van der Waals surface area contributed by atoms with Crippen molar-refractivity contribution in [1.82, 2.24) is 0 Å². The largest absolute Gasteiger partial charge is 0.480 e. The van der Waals surface area contributed by atoms with Gasteiger partial charge in [0.25, 0.3) is 0 Å². The predicted octanol–water partition coefficient (Wildman–Crippen LogP) is 11.9. The highest BCUT2D eigenvalue weighted by molar-refractivity contribution is 7.47. The maximum absolute atomic E-state index is 12.6. The maximum atomic E-state index is 12.6. The van der Waals surface area contributed by atoms with Gasteiger partial charge >= 0.3 is 19.8 Å². The minimum atomic E-state index is -4.61. The lowest BCUT2D eigenvalue weighted by molar-refractivity contribution is -0.154. The lowest BCUT2D eigenvalue weighted by Gasteiger charge is -2.20. The van der Waals surface area contributed by atoms with E-state index in [1.165, 1.54) is 122 Å². The first-order valence-corrected chi connectivity index (χ1v) is 23.4. The van der Waals surface area contributed by atoms with Gasteiger partial charge in [0, 0.05) is 13.0 Å². The molecule has 3 unspecified atom stereocenters. The van der Waals surface area contributed by atoms with Crippen LogP contribution in [-0.4, -0.2) is 60.5 Å². The summed E-state index contributed by atoms with van der Waals surface area (Å²) in [5.74, 6) is -1.78. The van der Waals surface area contributed by atoms with Gasteiger partial charge in [-0.2, -0.15) is 0 Å². The molecule has 0 aromatic carbocycles. The maximum Gasteiger partial charge on any atom is 0.472 e. The third-order valence-corrected chi connectivity index (χ3v) is 10.4. The first-order valence-electron chi connectivity index (χ1n) is 21.9. The number of phosphoric ester groups is 1. The summed E-state index contributed by atoms with van der Waals surface area (Å²) in [6, 6.07) is -1.47. The molecule has 0 saturated carbocycles. The molecule has 11 heteroatoms. The van der Waals surface area contributed by atoms with Gasteiger partial charge in [-0.25, -0.2) is 4.57 Å². The fraction of sp³-hybridized carbons (Fsp3) is 0.860. The van der Waals surface area contributed by atoms with Gasteiger partial charge in [-0.3, -0.25) is 18.6 Å². The van der Waals surface area contributed by atoms with E-state index in [0.717, 1.165) is 51.4 Å². The molecule has 0 radical (unpaired) electrons. The number of carbonyl (C=O) groups excluding carboxylic acids is 1. The smallest absolute Gasteiger partial charge is 0.472 e. The van der Waals surface area contributed by atoms with Crippen molar-refractivity contribution < 1.29 is 42.7 Å². The van der Waals surface area contributed by atoms with Crippen molar-refractivity contribution in [2.75, 3.05) is 26.4 Å². The first kappa shape index (κ1) is 52.5. The van der Waals surface area contributed by atoms with Crippen molar-refractivity contribution in [3.8, 4) is 0 Å². The average Bonchev–Trinajstić information content (AvgIpc) is 3.15. The van der Waals surface area contributed by atoms with Gasteiger partial charge in [-0.1, -0.05) is 154 Å². The summed E-state index contributed by atoms with van der Waals surface area (Å²) in [4.78, 5) is 33.5. The molecule has 0 aliphatic carbocycles. The van der Waals surface area contributed by atoms with Crippen molar-refractivity contribution in [3.63, 3.8) is 0 Å². The van der Waals surface area contributed by atoms with Crippen molar-refractivity contribution in [2.45, 2.75) is 212 Å². The minimum absolute atomic E-state index is 0.0134. The molecule has 0 heterocycles. The predicted molar refractivity (Wildman–Crippen MR) is 222 cm³/mol. The third-order valence-electron chi connectivity index (χ3n) is 9.45. The zero-order valence-electron chi connectivity index (χ0n) is 34.6. The number of carboxylic acids is 1. The van der Waals surface area contributed by atoms with Gasteiger partial charge in [0.1, 0.15) is 12.1 Å². The number of carboxylic acid groups (broad SMARTS) is 1. The van der Waals surface area contributed by atoms with E-state index in [4.69, 9.17) is 29.4 Å². The normalized spacial score (nSPS) is 14.1. The summed E-state index contributed by atoms with van der Waals surface area (Å²) in [6.45, 7) is 3.86. The number of phosphoric acid groups is 1. The standard InChI is InChI=1S/C43H82NO9P/c1-3-5-7-9-11-13-15-17-19-20-21-22-23-25-27-29-31-33-35-42(45)53-40(38-51-54(48,49)52-39-41(44)43(46)47)37-50-36-34-32-30-28-26-24-18-16-14-12-10-8-6-4-2/h14,16,19-20,40-41H,3-13,15,17-18,21-39,44H2,1-2H3,(H,46,47)(H,48,49)/b16-14-,20-19-. The molecule has 0 spiro atoms. The molecule has 3 atom stereocenters. The molecule has 0 saturated heterocycles. The second kappa shape index (κ2) is 39.7. The van der Waals surface area contributed by atoms with Crippen molar-refractivity contribution in [2.24, 2.45) is 5.73 Å². The molecular weight excluding hydrogens is 705 g/mol. The summed E-state index contributed by atoms with van der Waals surface area (Å²) in [5, 5.41) is 8.89. The monoisotopic (exact) mass is 788 g/mol. The number of allylic oxidation sites excluding steroid dienone is 4. The number of hydrogen-bond acceptors (Lipinski definition) is 8. The van der Waals surface area contributed by atoms with E-state index >= 15 is 0 Å². The number of aliphatic carboxylic acids is 1. The quantitative estimate of drug-likeness (QED) is 0.0236. The molecule has 0 amide bonds. The lowest BCUT2D eigenvalue weighted by Crippen LogP contribution is -2.34. The number of carbonyl (C=O) groups is 2. The molecule has 318 valence electrons. The molecule has 0 rings (SSSR count). The zero-order chi connectivity index (χ0) is 39.8. The van der Waals surface area contributed by atoms with Crippen LogP contribution in [0.4, 0.5) is 0 Å². The van der Waals surface area contributed by atoms with Gasteiger partial charge < -0.3 is 25.2 Å². The van der Waals surface area contributed by atoms with Gasteiger partial charge in [0.15, 0.2) is 0 Å². The van der Waals surface area contributed by atoms with Crippen LogP contribution in [0.3, 0.4) is 0 Å². The first-order chi connectivity index (χ1) is 26.2. The number of ether oxygens (including phenoxy) is 2. The van der Waals surface area contributed by atoms with Crippen LogP contribution in [0, 0.1) is 0 Å². The Hall–Kier alpha value is -1.55. The molecule has 0 aromatic rings. The van der Waals surface area contributed by atoms with Crippen molar-refractivity contribution in [3.05, 3.63) is 24.3 Å². The van der Waals surface area contributed by atoms with E-state index < -0.39 is 45.1 Å². The van der Waals surface area contributed by atoms with E-state index in [1.807, 2.05) is 0 Å². The molecule has 4 N–H and O–H groups in total. The number of rotatable bonds is 42. The minimum Gasteiger partial charge on any atom is -0.480 e. The van der Waals surface area contributed by atoms with Crippen LogP contribution in [-0.2, 0) is 32.7 Å². The van der Waals surface area contributed by atoms with Gasteiger partial charge in [0.05, 0.1) is 19.8 Å². The van der Waals surface area contributed by atoms with Crippen molar-refractivity contribution in [1.29, 1.82) is 0 Å². The lowest BCUT2D eigenvalue weighted by atomic mass is 10.1. The molecule has 0 aliphatic rings. The molecule has 54 heavy (non-hydrogen) atoms. The number of nitrogens with two attached hydrogens (primary N) is 1. The van der Waals surface area contributed by atoms with E-state index in [0.29, 0.717) is 13.0 Å². The summed E-state index contributed by atoms with van der Waals surface area (Å²) in [7, 11) is -4.61. The molecule has 10 nitrogen and oxygen atoms in total. The Balaban J connectivity index is 4.23. The Morgan fingerprint density at radius 3 is 1.43 bits per heavy atom. The van der Waals surface area contributed by atoms with Crippen LogP contribution < -0.4 is 5.73 Å². The van der Waals surface area contributed by atoms with Crippen molar-refractivity contribution >= 4 is 19.8 Å². The van der Waals surface area contributed by atoms with Gasteiger partial charge in [-0.15, -0.1) is 0 Å². The topological polar surface area (TPSA) is 155 Å². The fourth-order valence-corrected chi connectivity index (χ4v) is 6.78. The van der Waals surface area contributed by atoms with Crippen LogP contribution in [0.25, 0.3) is 0 Å². The third kappa shape index (κ3) is 38.7. The number of unbranched alkanes of at least 4 members (excludes halogenated alkanes) is 24. The van der Waals surface area contributed by atoms with E-state index in [9.17, 15) is 19.0 Å². The number of hydrogen-bond donors (Lipinski definition) is 3. The van der Waals surface area contributed by atoms with Crippen LogP contribution in [0.1, 0.15) is 200 Å². The summed E-state index contributed by atoms with van der Waals surface area (Å²) < 4.78 is 33.3. The van der Waals surface area contributed by atoms with Crippen LogP contribution in [0.2, 0.25) is 0 Å². The van der Waals surface area contributed by atoms with Crippen LogP contribution >= 0.6 is 7.82 Å². The Morgan fingerprint density at radius 2 is 0.963 bits per heavy atom. The molecule has 0 bridgehead atoms. The van der Waals surface area contributed by atoms with Gasteiger partial charge in [0.2, 0.25) is 0 Å². The Bertz CT molecular complexity index is 961. The highest BCUT2D eigenvalue weighted by Crippen LogP contribution is 2.43. The summed E-state index contributed by atoms with van der Waals surface area (Å²) >= 11 is 0. The highest BCUT2D eigenvalue weighted by atomic mass is 31.2. The summed E-state index contributed by atoms with van der Waals surface area (Å²) in [5.41, 5.74) is 5.35. The van der Waals surface area contributed by atoms with E-state index in [-0.39, 0.29) is 13.0 Å². The van der Waals surface area contributed by atoms with E-state index in [2.05, 4.69) is 38.2 Å². The second-order valence-electron chi connectivity index (χ2n) is 14.8. The molecule has 0 aliphatic heterocycles. The molecule has 0 aromatic heterocycles. The highest BCUT2D eigenvalue weighted by Gasteiger charge is 2.27. The van der Waals surface area contributed by atoms with E-state index in [1.54, 1.807) is 0 Å². The zero-order valence-corrected chi connectivity index (χ0v) is 35.5. The SMILES string of the molecule is CCCCCC/C=C\CCCCCCCCOCC(COP(=O)(O)OCC(N)C(=O)O)OC(=O)CCCCCCCCC/C=C\CCCCCCCCC. The van der Waals surface area contributed by atoms with Crippen LogP contribution in [0.15, 0.2) is 24.3 Å². The van der Waals surface area contributed by atoms with Crippen LogP contribution in [0.5, 0.6) is 0 Å². The fourth-order valence-electron chi connectivity index (χ4n) is 6.00. The molecular formula is C43H82NO9P. The van der Waals surface area contributed by atoms with Gasteiger partial charge in [-0.05, 0) is 64.2 Å². The number of esters is 1. The average molecular weight is 788 g/mol. The Kier molecular flexibility index (Phi) is 38.5.